The Balaban J connectivity index is 2.43. The SMILES string of the molecule is CC/C=C/C/C=C/C/C=C/C/C=C/C/C=C/CCCC(=O)O[C@H](COC(=O)CCCCCCC/C=C/C/C=C/CCCC)CO[C@@H]1O[C@H](CO)[C@H](O)C(O)C1O. The van der Waals surface area contributed by atoms with Crippen LogP contribution in [0.5, 0.6) is 0 Å². The summed E-state index contributed by atoms with van der Waals surface area (Å²) < 4.78 is 22.0. The average Bonchev–Trinajstić information content (AvgIpc) is 3.19. The Kier molecular flexibility index (Phi) is 32.9. The molecule has 0 aromatic rings. The third kappa shape index (κ3) is 27.5. The minimum absolute atomic E-state index is 0.144. The molecule has 1 fully saturated rings. The molecule has 1 aliphatic heterocycles. The zero-order valence-electron chi connectivity index (χ0n) is 34.3. The van der Waals surface area contributed by atoms with Crippen LogP contribution in [0.4, 0.5) is 0 Å². The molecule has 0 radical (unpaired) electrons. The van der Waals surface area contributed by atoms with Crippen molar-refractivity contribution in [3.8, 4) is 0 Å². The molecule has 1 rings (SSSR count). The first-order valence-corrected chi connectivity index (χ1v) is 21.2. The van der Waals surface area contributed by atoms with E-state index in [1.807, 2.05) is 6.08 Å². The van der Waals surface area contributed by atoms with Crippen LogP contribution in [0.25, 0.3) is 0 Å². The van der Waals surface area contributed by atoms with Gasteiger partial charge in [-0.05, 0) is 77.0 Å². The molecule has 1 aliphatic rings. The van der Waals surface area contributed by atoms with E-state index in [0.717, 1.165) is 77.0 Å². The van der Waals surface area contributed by atoms with Gasteiger partial charge < -0.3 is 39.4 Å². The highest BCUT2D eigenvalue weighted by Gasteiger charge is 2.44. The van der Waals surface area contributed by atoms with E-state index in [4.69, 9.17) is 18.9 Å². The molecule has 10 nitrogen and oxygen atoms in total. The minimum Gasteiger partial charge on any atom is -0.462 e. The average molecular weight is 787 g/mol. The zero-order chi connectivity index (χ0) is 40.9. The molecule has 1 heterocycles. The van der Waals surface area contributed by atoms with Gasteiger partial charge in [0.1, 0.15) is 31.0 Å². The number of allylic oxidation sites excluding steroid dienone is 14. The van der Waals surface area contributed by atoms with E-state index in [1.165, 1.54) is 12.8 Å². The molecule has 10 heteroatoms. The van der Waals surface area contributed by atoms with Crippen molar-refractivity contribution in [2.45, 2.75) is 173 Å². The standard InChI is InChI=1S/C46H74O10/c1-3-5-7-9-11-13-15-17-19-20-21-23-25-27-29-31-33-35-42(49)55-39(38-54-46-45(52)44(51)43(50)40(36-47)56-46)37-53-41(48)34-32-30-28-26-24-22-18-16-14-12-10-8-6-4-2/h5,7,10-13,16-19,21,23,27,29,39-40,43-47,50-52H,3-4,6,8-9,14-15,20,22,24-26,28,30-38H2,1-2H3/b7-5+,12-10+,13-11+,18-16+,19-17+,23-21+,29-27+/t39-,40-,43+,44?,45?,46-/m1/s1. The molecule has 0 aromatic heterocycles. The molecule has 4 N–H and O–H groups in total. The van der Waals surface area contributed by atoms with Gasteiger partial charge in [-0.3, -0.25) is 9.59 Å². The maximum Gasteiger partial charge on any atom is 0.306 e. The van der Waals surface area contributed by atoms with Crippen molar-refractivity contribution in [2.24, 2.45) is 0 Å². The first kappa shape index (κ1) is 50.9. The maximum absolute atomic E-state index is 12.7. The van der Waals surface area contributed by atoms with Crippen LogP contribution >= 0.6 is 0 Å². The summed E-state index contributed by atoms with van der Waals surface area (Å²) in [5.41, 5.74) is 0. The number of esters is 2. The normalized spacial score (nSPS) is 21.3. The van der Waals surface area contributed by atoms with Crippen LogP contribution in [0.15, 0.2) is 85.1 Å². The van der Waals surface area contributed by atoms with Crippen molar-refractivity contribution in [3.63, 3.8) is 0 Å². The molecule has 0 aromatic carbocycles. The monoisotopic (exact) mass is 787 g/mol. The summed E-state index contributed by atoms with van der Waals surface area (Å²) in [5.74, 6) is -0.902. The number of carbonyl (C=O) groups excluding carboxylic acids is 2. The molecule has 1 saturated heterocycles. The van der Waals surface area contributed by atoms with E-state index < -0.39 is 55.4 Å². The Morgan fingerprint density at radius 1 is 0.571 bits per heavy atom. The van der Waals surface area contributed by atoms with Gasteiger partial charge in [0.2, 0.25) is 0 Å². The van der Waals surface area contributed by atoms with Crippen LogP contribution in [0.2, 0.25) is 0 Å². The highest BCUT2D eigenvalue weighted by atomic mass is 16.7. The molecule has 318 valence electrons. The largest absolute Gasteiger partial charge is 0.462 e. The Bertz CT molecular complexity index is 1180. The molecule has 0 saturated carbocycles. The number of rotatable bonds is 33. The summed E-state index contributed by atoms with van der Waals surface area (Å²) in [6.45, 7) is 3.17. The first-order valence-electron chi connectivity index (χ1n) is 21.2. The van der Waals surface area contributed by atoms with Crippen LogP contribution in [-0.4, -0.2) is 89.0 Å². The predicted octanol–water partition coefficient (Wildman–Crippen LogP) is 8.60. The molecule has 56 heavy (non-hydrogen) atoms. The van der Waals surface area contributed by atoms with Gasteiger partial charge >= 0.3 is 11.9 Å². The van der Waals surface area contributed by atoms with Gasteiger partial charge in [-0.1, -0.05) is 131 Å². The number of aliphatic hydroxyl groups excluding tert-OH is 4. The highest BCUT2D eigenvalue weighted by Crippen LogP contribution is 2.22. The Labute approximate surface area is 337 Å². The van der Waals surface area contributed by atoms with Crippen molar-refractivity contribution in [2.75, 3.05) is 19.8 Å². The molecule has 0 amide bonds. The minimum atomic E-state index is -1.61. The lowest BCUT2D eigenvalue weighted by atomic mass is 9.99. The quantitative estimate of drug-likeness (QED) is 0.0289. The molecular weight excluding hydrogens is 712 g/mol. The fourth-order valence-corrected chi connectivity index (χ4v) is 5.65. The third-order valence-electron chi connectivity index (χ3n) is 9.01. The van der Waals surface area contributed by atoms with Gasteiger partial charge in [-0.15, -0.1) is 0 Å². The van der Waals surface area contributed by atoms with Crippen molar-refractivity contribution >= 4 is 11.9 Å². The predicted molar refractivity (Wildman–Crippen MR) is 224 cm³/mol. The van der Waals surface area contributed by atoms with Crippen LogP contribution in [0.3, 0.4) is 0 Å². The van der Waals surface area contributed by atoms with Gasteiger partial charge in [-0.2, -0.15) is 0 Å². The lowest BCUT2D eigenvalue weighted by molar-refractivity contribution is -0.305. The number of ether oxygens (including phenoxy) is 4. The highest BCUT2D eigenvalue weighted by molar-refractivity contribution is 5.70. The lowest BCUT2D eigenvalue weighted by Crippen LogP contribution is -2.59. The van der Waals surface area contributed by atoms with Gasteiger partial charge in [-0.25, -0.2) is 0 Å². The van der Waals surface area contributed by atoms with Gasteiger partial charge in [0, 0.05) is 12.8 Å². The molecule has 0 spiro atoms. The van der Waals surface area contributed by atoms with Crippen molar-refractivity contribution in [1.82, 2.24) is 0 Å². The first-order chi connectivity index (χ1) is 27.3. The number of carbonyl (C=O) groups is 2. The fraction of sp³-hybridized carbons (Fsp3) is 0.652. The molecule has 0 aliphatic carbocycles. The van der Waals surface area contributed by atoms with Gasteiger partial charge in [0.15, 0.2) is 12.4 Å². The molecule has 2 unspecified atom stereocenters. The summed E-state index contributed by atoms with van der Waals surface area (Å²) in [4.78, 5) is 25.3. The van der Waals surface area contributed by atoms with Crippen molar-refractivity contribution in [3.05, 3.63) is 85.1 Å². The van der Waals surface area contributed by atoms with E-state index in [1.54, 1.807) is 0 Å². The number of aliphatic hydroxyl groups is 4. The topological polar surface area (TPSA) is 152 Å². The lowest BCUT2D eigenvalue weighted by Gasteiger charge is -2.39. The van der Waals surface area contributed by atoms with Crippen LogP contribution in [0, 0.1) is 0 Å². The molecular formula is C46H74O10. The van der Waals surface area contributed by atoms with E-state index in [2.05, 4.69) is 92.8 Å². The second kappa shape index (κ2) is 36.2. The Morgan fingerprint density at radius 3 is 1.64 bits per heavy atom. The van der Waals surface area contributed by atoms with E-state index >= 15 is 0 Å². The summed E-state index contributed by atoms with van der Waals surface area (Å²) in [7, 11) is 0. The Morgan fingerprint density at radius 2 is 1.07 bits per heavy atom. The van der Waals surface area contributed by atoms with Crippen LogP contribution in [0.1, 0.15) is 136 Å². The molecule has 6 atom stereocenters. The smallest absolute Gasteiger partial charge is 0.306 e. The summed E-state index contributed by atoms with van der Waals surface area (Å²) >= 11 is 0. The van der Waals surface area contributed by atoms with Crippen molar-refractivity contribution < 1.29 is 49.0 Å². The second-order valence-electron chi connectivity index (χ2n) is 14.1. The Hall–Kier alpha value is -3.12. The molecule has 0 bridgehead atoms. The summed E-state index contributed by atoms with van der Waals surface area (Å²) in [5, 5.41) is 40.0. The van der Waals surface area contributed by atoms with Crippen molar-refractivity contribution in [1.29, 1.82) is 0 Å². The third-order valence-corrected chi connectivity index (χ3v) is 9.01. The van der Waals surface area contributed by atoms with Gasteiger partial charge in [0.25, 0.3) is 0 Å². The van der Waals surface area contributed by atoms with Crippen LogP contribution < -0.4 is 0 Å². The summed E-state index contributed by atoms with van der Waals surface area (Å²) in [6, 6.07) is 0. The number of hydrogen-bond acceptors (Lipinski definition) is 10. The zero-order valence-corrected chi connectivity index (χ0v) is 34.3. The van der Waals surface area contributed by atoms with Gasteiger partial charge in [0.05, 0.1) is 13.2 Å². The van der Waals surface area contributed by atoms with E-state index in [0.29, 0.717) is 19.3 Å². The fourth-order valence-electron chi connectivity index (χ4n) is 5.65. The van der Waals surface area contributed by atoms with E-state index in [9.17, 15) is 30.0 Å². The second-order valence-corrected chi connectivity index (χ2v) is 14.1. The summed E-state index contributed by atoms with van der Waals surface area (Å²) in [6.07, 6.45) is 38.8. The maximum atomic E-state index is 12.7. The number of hydrogen-bond donors (Lipinski definition) is 4. The van der Waals surface area contributed by atoms with E-state index in [-0.39, 0.29) is 26.1 Å². The van der Waals surface area contributed by atoms with Crippen LogP contribution in [-0.2, 0) is 28.5 Å². The number of unbranched alkanes of at least 4 members (excludes halogenated alkanes) is 8.